The number of aromatic nitrogens is 3. The first-order valence-electron chi connectivity index (χ1n) is 9.40. The van der Waals surface area contributed by atoms with Gasteiger partial charge in [0.25, 0.3) is 0 Å². The molecule has 1 N–H and O–H groups in total. The first kappa shape index (κ1) is 18.6. The number of thiazole rings is 1. The third-order valence-corrected chi connectivity index (χ3v) is 6.56. The molecule has 1 atom stereocenters. The Balaban J connectivity index is 1.59. The number of hydrogen-bond donors (Lipinski definition) is 1. The van der Waals surface area contributed by atoms with E-state index < -0.39 is 0 Å². The number of fused-ring (bicyclic) bond motifs is 1. The van der Waals surface area contributed by atoms with E-state index in [1.807, 2.05) is 18.2 Å². The summed E-state index contributed by atoms with van der Waals surface area (Å²) in [5, 5.41) is 16.2. The zero-order valence-corrected chi connectivity index (χ0v) is 17.4. The largest absolute Gasteiger partial charge is 0.492 e. The van der Waals surface area contributed by atoms with Crippen LogP contribution in [0.1, 0.15) is 16.5 Å². The Morgan fingerprint density at radius 1 is 1.17 bits per heavy atom. The number of hydrogen-bond acceptors (Lipinski definition) is 7. The normalized spacial score (nSPS) is 17.2. The van der Waals surface area contributed by atoms with Gasteiger partial charge < -0.3 is 14.4 Å². The highest BCUT2D eigenvalue weighted by Crippen LogP contribution is 2.41. The van der Waals surface area contributed by atoms with Crippen molar-refractivity contribution in [2.45, 2.75) is 6.04 Å². The van der Waals surface area contributed by atoms with Crippen LogP contribution in [0.25, 0.3) is 16.5 Å². The first-order valence-corrected chi connectivity index (χ1v) is 10.6. The molecule has 0 saturated carbocycles. The van der Waals surface area contributed by atoms with E-state index >= 15 is 0 Å². The van der Waals surface area contributed by atoms with Gasteiger partial charge in [-0.1, -0.05) is 35.1 Å². The molecular formula is C20H20ClN5O2S. The molecular weight excluding hydrogens is 410 g/mol. The fraction of sp³-hybridized carbons (Fsp3) is 0.300. The molecule has 0 aliphatic carbocycles. The monoisotopic (exact) mass is 429 g/mol. The summed E-state index contributed by atoms with van der Waals surface area (Å²) >= 11 is 7.73. The fourth-order valence-electron chi connectivity index (χ4n) is 3.72. The van der Waals surface area contributed by atoms with E-state index in [9.17, 15) is 5.11 Å². The highest BCUT2D eigenvalue weighted by Gasteiger charge is 2.31. The van der Waals surface area contributed by atoms with Gasteiger partial charge in [0.2, 0.25) is 16.7 Å². The maximum atomic E-state index is 11.1. The molecule has 4 aromatic rings. The van der Waals surface area contributed by atoms with Crippen LogP contribution < -0.4 is 0 Å². The van der Waals surface area contributed by atoms with Crippen molar-refractivity contribution in [2.24, 2.45) is 0 Å². The Morgan fingerprint density at radius 2 is 2.00 bits per heavy atom. The molecule has 150 valence electrons. The summed E-state index contributed by atoms with van der Waals surface area (Å²) in [6.45, 7) is 3.75. The van der Waals surface area contributed by atoms with Gasteiger partial charge in [-0.25, -0.2) is 0 Å². The van der Waals surface area contributed by atoms with Gasteiger partial charge >= 0.3 is 0 Å². The Bertz CT molecular complexity index is 1130. The molecule has 3 aromatic heterocycles. The van der Waals surface area contributed by atoms with Crippen molar-refractivity contribution >= 4 is 27.9 Å². The number of likely N-dealkylation sites (N-methyl/N-ethyl adjacent to an activating group) is 1. The van der Waals surface area contributed by atoms with Gasteiger partial charge in [-0.3, -0.25) is 4.90 Å². The molecule has 1 aromatic carbocycles. The molecule has 1 aliphatic heterocycles. The second-order valence-electron chi connectivity index (χ2n) is 7.19. The van der Waals surface area contributed by atoms with Gasteiger partial charge in [-0.2, -0.15) is 9.50 Å². The molecule has 4 heterocycles. The predicted octanol–water partition coefficient (Wildman–Crippen LogP) is 3.75. The lowest BCUT2D eigenvalue weighted by atomic mass is 10.0. The minimum Gasteiger partial charge on any atom is -0.492 e. The standard InChI is InChI=1S/C20H20ClN5O2S/c1-24-7-9-25(10-8-24)16(13-4-2-5-14(21)12-13)17-19(27)26-20(29-17)22-18(23-26)15-6-3-11-28-15/h2-6,11-12,16,27H,7-10H2,1H3/t16-/m1/s1. The van der Waals surface area contributed by atoms with Crippen molar-refractivity contribution in [3.8, 4) is 17.5 Å². The third-order valence-electron chi connectivity index (χ3n) is 5.26. The summed E-state index contributed by atoms with van der Waals surface area (Å²) in [6, 6.07) is 11.3. The molecule has 1 fully saturated rings. The number of aromatic hydroxyl groups is 1. The van der Waals surface area contributed by atoms with Crippen LogP contribution in [-0.2, 0) is 0 Å². The number of nitrogens with zero attached hydrogens (tertiary/aromatic N) is 5. The Hall–Kier alpha value is -2.39. The van der Waals surface area contributed by atoms with Gasteiger partial charge in [-0.05, 0) is 36.9 Å². The number of halogens is 1. The molecule has 1 aliphatic rings. The summed E-state index contributed by atoms with van der Waals surface area (Å²) in [6.07, 6.45) is 1.58. The lowest BCUT2D eigenvalue weighted by molar-refractivity contribution is 0.127. The number of rotatable bonds is 4. The maximum Gasteiger partial charge on any atom is 0.230 e. The van der Waals surface area contributed by atoms with E-state index in [1.165, 1.54) is 15.9 Å². The van der Waals surface area contributed by atoms with Gasteiger partial charge in [0, 0.05) is 31.2 Å². The van der Waals surface area contributed by atoms with Crippen molar-refractivity contribution in [1.29, 1.82) is 0 Å². The smallest absolute Gasteiger partial charge is 0.230 e. The molecule has 0 radical (unpaired) electrons. The molecule has 0 spiro atoms. The molecule has 29 heavy (non-hydrogen) atoms. The quantitative estimate of drug-likeness (QED) is 0.532. The molecule has 5 rings (SSSR count). The molecule has 1 saturated heterocycles. The second-order valence-corrected chi connectivity index (χ2v) is 8.64. The average molecular weight is 430 g/mol. The minimum absolute atomic E-state index is 0.108. The molecule has 0 unspecified atom stereocenters. The zero-order valence-electron chi connectivity index (χ0n) is 15.8. The predicted molar refractivity (Wildman–Crippen MR) is 113 cm³/mol. The molecule has 0 amide bonds. The van der Waals surface area contributed by atoms with Crippen molar-refractivity contribution in [3.05, 3.63) is 58.1 Å². The van der Waals surface area contributed by atoms with Gasteiger partial charge in [0.05, 0.1) is 17.2 Å². The fourth-order valence-corrected chi connectivity index (χ4v) is 5.04. The van der Waals surface area contributed by atoms with Crippen molar-refractivity contribution < 1.29 is 9.52 Å². The third kappa shape index (κ3) is 3.42. The molecule has 7 nitrogen and oxygen atoms in total. The summed E-state index contributed by atoms with van der Waals surface area (Å²) < 4.78 is 6.87. The van der Waals surface area contributed by atoms with Crippen LogP contribution in [0.2, 0.25) is 5.02 Å². The zero-order chi connectivity index (χ0) is 20.0. The number of benzene rings is 1. The van der Waals surface area contributed by atoms with E-state index in [-0.39, 0.29) is 11.9 Å². The van der Waals surface area contributed by atoms with E-state index in [2.05, 4.69) is 33.0 Å². The van der Waals surface area contributed by atoms with E-state index in [1.54, 1.807) is 18.4 Å². The van der Waals surface area contributed by atoms with Gasteiger partial charge in [-0.15, -0.1) is 5.10 Å². The van der Waals surface area contributed by atoms with E-state index in [0.717, 1.165) is 36.6 Å². The van der Waals surface area contributed by atoms with Crippen LogP contribution in [0.3, 0.4) is 0 Å². The summed E-state index contributed by atoms with van der Waals surface area (Å²) in [7, 11) is 2.13. The Morgan fingerprint density at radius 3 is 2.69 bits per heavy atom. The van der Waals surface area contributed by atoms with Crippen molar-refractivity contribution in [3.63, 3.8) is 0 Å². The lowest BCUT2D eigenvalue weighted by Crippen LogP contribution is -2.46. The van der Waals surface area contributed by atoms with E-state index in [4.69, 9.17) is 16.0 Å². The average Bonchev–Trinajstić information content (AvgIpc) is 3.43. The maximum absolute atomic E-state index is 11.1. The lowest BCUT2D eigenvalue weighted by Gasteiger charge is -2.37. The highest BCUT2D eigenvalue weighted by atomic mass is 35.5. The van der Waals surface area contributed by atoms with Crippen LogP contribution in [0.4, 0.5) is 0 Å². The highest BCUT2D eigenvalue weighted by molar-refractivity contribution is 7.17. The minimum atomic E-state index is -0.108. The number of piperazine rings is 1. The second kappa shape index (κ2) is 7.46. The van der Waals surface area contributed by atoms with Gasteiger partial charge in [0.15, 0.2) is 5.76 Å². The van der Waals surface area contributed by atoms with Crippen LogP contribution in [0.5, 0.6) is 5.88 Å². The van der Waals surface area contributed by atoms with Crippen LogP contribution in [-0.4, -0.2) is 62.7 Å². The van der Waals surface area contributed by atoms with E-state index in [0.29, 0.717) is 21.6 Å². The number of furan rings is 1. The summed E-state index contributed by atoms with van der Waals surface area (Å²) in [5.41, 5.74) is 1.05. The van der Waals surface area contributed by atoms with Crippen LogP contribution in [0, 0.1) is 0 Å². The summed E-state index contributed by atoms with van der Waals surface area (Å²) in [4.78, 5) is 10.7. The topological polar surface area (TPSA) is 70.0 Å². The summed E-state index contributed by atoms with van der Waals surface area (Å²) in [5.74, 6) is 1.15. The van der Waals surface area contributed by atoms with Crippen molar-refractivity contribution in [1.82, 2.24) is 24.4 Å². The Kier molecular flexibility index (Phi) is 4.79. The van der Waals surface area contributed by atoms with Crippen molar-refractivity contribution in [2.75, 3.05) is 33.2 Å². The Labute approximate surface area is 176 Å². The molecule has 9 heteroatoms. The first-order chi connectivity index (χ1) is 14.1. The van der Waals surface area contributed by atoms with Crippen LogP contribution in [0.15, 0.2) is 47.1 Å². The van der Waals surface area contributed by atoms with Gasteiger partial charge in [0.1, 0.15) is 0 Å². The van der Waals surface area contributed by atoms with Crippen LogP contribution >= 0.6 is 22.9 Å². The SMILES string of the molecule is CN1CCN([C@H](c2cccc(Cl)c2)c2sc3nc(-c4ccco4)nn3c2O)CC1. The molecule has 0 bridgehead atoms.